The van der Waals surface area contributed by atoms with Gasteiger partial charge in [0.25, 0.3) is 0 Å². The van der Waals surface area contributed by atoms with Crippen molar-refractivity contribution in [3.05, 3.63) is 35.9 Å². The van der Waals surface area contributed by atoms with E-state index in [9.17, 15) is 0 Å². The smallest absolute Gasteiger partial charge is 0.124 e. The van der Waals surface area contributed by atoms with Crippen molar-refractivity contribution in [2.75, 3.05) is 7.11 Å². The Bertz CT molecular complexity index is 632. The summed E-state index contributed by atoms with van der Waals surface area (Å²) in [6.07, 6.45) is 5.52. The summed E-state index contributed by atoms with van der Waals surface area (Å²) in [5, 5.41) is 2.60. The molecule has 0 spiro atoms. The maximum Gasteiger partial charge on any atom is 0.124 e. The van der Waals surface area contributed by atoms with E-state index in [4.69, 9.17) is 9.47 Å². The van der Waals surface area contributed by atoms with Crippen molar-refractivity contribution in [1.29, 1.82) is 0 Å². The largest absolute Gasteiger partial charge is 0.497 e. The van der Waals surface area contributed by atoms with E-state index in [0.717, 1.165) is 11.5 Å². The van der Waals surface area contributed by atoms with E-state index >= 15 is 0 Å². The molecule has 2 nitrogen and oxygen atoms in total. The highest BCUT2D eigenvalue weighted by Gasteiger charge is 2.37. The van der Waals surface area contributed by atoms with Gasteiger partial charge in [0.1, 0.15) is 17.6 Å². The summed E-state index contributed by atoms with van der Waals surface area (Å²) in [5.41, 5.74) is 1.44. The van der Waals surface area contributed by atoms with Gasteiger partial charge in [-0.2, -0.15) is 0 Å². The van der Waals surface area contributed by atoms with Crippen molar-refractivity contribution in [2.45, 2.75) is 37.7 Å². The van der Waals surface area contributed by atoms with Crippen LogP contribution in [0.2, 0.25) is 0 Å². The standard InChI is InChI=1S/C17H18O2/c1-18-12-7-8-13-11(10-12)6-9-16-17(13)14-4-2-3-5-15(14)19-16/h6-10,14-15H,2-5H2,1H3. The van der Waals surface area contributed by atoms with E-state index in [1.165, 1.54) is 42.0 Å². The van der Waals surface area contributed by atoms with E-state index in [1.54, 1.807) is 7.11 Å². The maximum atomic E-state index is 6.14. The van der Waals surface area contributed by atoms with E-state index in [0.29, 0.717) is 12.0 Å². The summed E-state index contributed by atoms with van der Waals surface area (Å²) < 4.78 is 11.5. The predicted octanol–water partition coefficient (Wildman–Crippen LogP) is 4.27. The minimum Gasteiger partial charge on any atom is -0.497 e. The highest BCUT2D eigenvalue weighted by molar-refractivity contribution is 5.90. The molecule has 2 aliphatic rings. The molecule has 2 unspecified atom stereocenters. The molecule has 1 heterocycles. The lowest BCUT2D eigenvalue weighted by Crippen LogP contribution is -2.22. The van der Waals surface area contributed by atoms with Crippen LogP contribution in [0.3, 0.4) is 0 Å². The van der Waals surface area contributed by atoms with Crippen molar-refractivity contribution < 1.29 is 9.47 Å². The molecule has 2 aromatic carbocycles. The van der Waals surface area contributed by atoms with Crippen LogP contribution in [0.5, 0.6) is 11.5 Å². The van der Waals surface area contributed by atoms with Gasteiger partial charge in [0.15, 0.2) is 0 Å². The lowest BCUT2D eigenvalue weighted by Gasteiger charge is -2.24. The Hall–Kier alpha value is -1.70. The zero-order chi connectivity index (χ0) is 12.8. The Morgan fingerprint density at radius 3 is 2.89 bits per heavy atom. The van der Waals surface area contributed by atoms with Crippen molar-refractivity contribution >= 4 is 10.8 Å². The molecule has 4 rings (SSSR count). The van der Waals surface area contributed by atoms with Crippen LogP contribution in [0, 0.1) is 0 Å². The summed E-state index contributed by atoms with van der Waals surface area (Å²) in [6, 6.07) is 10.6. The van der Waals surface area contributed by atoms with Crippen LogP contribution in [0.25, 0.3) is 10.8 Å². The molecular formula is C17H18O2. The van der Waals surface area contributed by atoms with Crippen LogP contribution in [0.4, 0.5) is 0 Å². The van der Waals surface area contributed by atoms with Gasteiger partial charge >= 0.3 is 0 Å². The molecule has 0 N–H and O–H groups in total. The minimum atomic E-state index is 0.413. The normalized spacial score (nSPS) is 24.7. The van der Waals surface area contributed by atoms with Crippen molar-refractivity contribution in [3.8, 4) is 11.5 Å². The molecular weight excluding hydrogens is 236 g/mol. The molecule has 98 valence electrons. The Labute approximate surface area is 113 Å². The molecule has 0 bridgehead atoms. The number of ether oxygens (including phenoxy) is 2. The third kappa shape index (κ3) is 1.62. The SMILES string of the molecule is COc1ccc2c3c(ccc2c1)OC1CCCCC31. The van der Waals surface area contributed by atoms with Crippen LogP contribution in [-0.4, -0.2) is 13.2 Å². The van der Waals surface area contributed by atoms with Crippen LogP contribution in [0.15, 0.2) is 30.3 Å². The van der Waals surface area contributed by atoms with E-state index in [2.05, 4.69) is 30.3 Å². The first kappa shape index (κ1) is 11.2. The van der Waals surface area contributed by atoms with Gasteiger partial charge in [0, 0.05) is 11.5 Å². The van der Waals surface area contributed by atoms with Crippen molar-refractivity contribution in [3.63, 3.8) is 0 Å². The molecule has 1 aliphatic heterocycles. The van der Waals surface area contributed by atoms with Crippen molar-refractivity contribution in [1.82, 2.24) is 0 Å². The second kappa shape index (κ2) is 4.16. The average molecular weight is 254 g/mol. The van der Waals surface area contributed by atoms with Gasteiger partial charge in [-0.15, -0.1) is 0 Å². The molecule has 0 saturated heterocycles. The molecule has 2 atom stereocenters. The number of methoxy groups -OCH3 is 1. The average Bonchev–Trinajstić information content (AvgIpc) is 2.85. The van der Waals surface area contributed by atoms with Gasteiger partial charge in [0.05, 0.1) is 7.11 Å². The second-order valence-electron chi connectivity index (χ2n) is 5.61. The first-order valence-corrected chi connectivity index (χ1v) is 7.14. The minimum absolute atomic E-state index is 0.413. The molecule has 19 heavy (non-hydrogen) atoms. The Morgan fingerprint density at radius 2 is 2.00 bits per heavy atom. The molecule has 1 fully saturated rings. The zero-order valence-electron chi connectivity index (χ0n) is 11.2. The number of rotatable bonds is 1. The molecule has 0 aromatic heterocycles. The fourth-order valence-corrected chi connectivity index (χ4v) is 3.66. The van der Waals surface area contributed by atoms with Crippen LogP contribution in [-0.2, 0) is 0 Å². The molecule has 1 saturated carbocycles. The first-order valence-electron chi connectivity index (χ1n) is 7.14. The van der Waals surface area contributed by atoms with Crippen LogP contribution >= 0.6 is 0 Å². The molecule has 2 aromatic rings. The third-order valence-electron chi connectivity index (χ3n) is 4.58. The topological polar surface area (TPSA) is 18.5 Å². The Morgan fingerprint density at radius 1 is 1.11 bits per heavy atom. The zero-order valence-corrected chi connectivity index (χ0v) is 11.2. The first-order chi connectivity index (χ1) is 9.36. The van der Waals surface area contributed by atoms with Crippen molar-refractivity contribution in [2.24, 2.45) is 0 Å². The summed E-state index contributed by atoms with van der Waals surface area (Å²) >= 11 is 0. The van der Waals surface area contributed by atoms with Gasteiger partial charge in [-0.3, -0.25) is 0 Å². The summed E-state index contributed by atoms with van der Waals surface area (Å²) in [6.45, 7) is 0. The van der Waals surface area contributed by atoms with Crippen LogP contribution < -0.4 is 9.47 Å². The quantitative estimate of drug-likeness (QED) is 0.756. The molecule has 1 aliphatic carbocycles. The van der Waals surface area contributed by atoms with E-state index < -0.39 is 0 Å². The fraction of sp³-hybridized carbons (Fsp3) is 0.412. The second-order valence-corrected chi connectivity index (χ2v) is 5.61. The Balaban J connectivity index is 1.90. The van der Waals surface area contributed by atoms with Gasteiger partial charge in [0.2, 0.25) is 0 Å². The predicted molar refractivity (Wildman–Crippen MR) is 76.1 cm³/mol. The highest BCUT2D eigenvalue weighted by Crippen LogP contribution is 2.48. The monoisotopic (exact) mass is 254 g/mol. The highest BCUT2D eigenvalue weighted by atomic mass is 16.5. The van der Waals surface area contributed by atoms with E-state index in [1.807, 2.05) is 0 Å². The van der Waals surface area contributed by atoms with Crippen LogP contribution in [0.1, 0.15) is 37.2 Å². The van der Waals surface area contributed by atoms with Gasteiger partial charge in [-0.05, 0) is 48.2 Å². The number of hydrogen-bond acceptors (Lipinski definition) is 2. The summed E-state index contributed by atoms with van der Waals surface area (Å²) in [4.78, 5) is 0. The Kier molecular flexibility index (Phi) is 2.44. The van der Waals surface area contributed by atoms with Gasteiger partial charge in [-0.25, -0.2) is 0 Å². The third-order valence-corrected chi connectivity index (χ3v) is 4.58. The number of hydrogen-bond donors (Lipinski definition) is 0. The fourth-order valence-electron chi connectivity index (χ4n) is 3.66. The van der Waals surface area contributed by atoms with E-state index in [-0.39, 0.29) is 0 Å². The molecule has 0 radical (unpaired) electrons. The maximum absolute atomic E-state index is 6.14. The lowest BCUT2D eigenvalue weighted by atomic mass is 9.81. The summed E-state index contributed by atoms with van der Waals surface area (Å²) in [7, 11) is 1.72. The van der Waals surface area contributed by atoms with Gasteiger partial charge in [-0.1, -0.05) is 18.6 Å². The molecule has 0 amide bonds. The molecule has 2 heteroatoms. The van der Waals surface area contributed by atoms with Gasteiger partial charge < -0.3 is 9.47 Å². The number of fused-ring (bicyclic) bond motifs is 5. The lowest BCUT2D eigenvalue weighted by molar-refractivity contribution is 0.164. The summed E-state index contributed by atoms with van der Waals surface area (Å²) in [5.74, 6) is 2.63. The number of benzene rings is 2.